The summed E-state index contributed by atoms with van der Waals surface area (Å²) in [5.41, 5.74) is 0.922. The largest absolute Gasteiger partial charge is 0.377 e. The molecule has 0 saturated carbocycles. The van der Waals surface area contributed by atoms with Crippen LogP contribution in [0, 0.1) is 0 Å². The standard InChI is InChI=1S/C15H28N4OS.HI/c1-7-16-14(18-10-15(4,5)20-6)17-8-13-19-12(9-21-13)11(2)3;/h9,11H,7-8,10H2,1-6H3,(H2,16,17,18);1H. The minimum atomic E-state index is -0.220. The van der Waals surface area contributed by atoms with E-state index in [1.54, 1.807) is 18.4 Å². The van der Waals surface area contributed by atoms with Crippen LogP contribution in [0.15, 0.2) is 10.4 Å². The first-order valence-electron chi connectivity index (χ1n) is 7.39. The molecule has 0 spiro atoms. The van der Waals surface area contributed by atoms with Crippen molar-refractivity contribution in [1.29, 1.82) is 0 Å². The number of aliphatic imine (C=N–C) groups is 1. The Hall–Kier alpha value is -0.410. The first-order chi connectivity index (χ1) is 9.88. The fourth-order valence-electron chi connectivity index (χ4n) is 1.52. The van der Waals surface area contributed by atoms with Gasteiger partial charge in [0.1, 0.15) is 5.01 Å². The van der Waals surface area contributed by atoms with Gasteiger partial charge < -0.3 is 15.4 Å². The van der Waals surface area contributed by atoms with Gasteiger partial charge in [-0.1, -0.05) is 13.8 Å². The number of nitrogens with zero attached hydrogens (tertiary/aromatic N) is 2. The first kappa shape index (κ1) is 21.6. The molecule has 0 aliphatic heterocycles. The molecule has 0 radical (unpaired) electrons. The number of ether oxygens (including phenoxy) is 1. The van der Waals surface area contributed by atoms with E-state index in [9.17, 15) is 0 Å². The van der Waals surface area contributed by atoms with Crippen LogP contribution in [0.2, 0.25) is 0 Å². The van der Waals surface area contributed by atoms with Gasteiger partial charge in [0.25, 0.3) is 0 Å². The lowest BCUT2D eigenvalue weighted by Crippen LogP contribution is -2.45. The van der Waals surface area contributed by atoms with Crippen molar-refractivity contribution in [2.45, 2.75) is 52.7 Å². The summed E-state index contributed by atoms with van der Waals surface area (Å²) in [6.07, 6.45) is 0. The molecule has 0 aliphatic rings. The molecule has 0 bridgehead atoms. The Balaban J connectivity index is 0.00000441. The van der Waals surface area contributed by atoms with Crippen LogP contribution in [-0.2, 0) is 11.3 Å². The zero-order chi connectivity index (χ0) is 15.9. The molecular weight excluding hydrogens is 411 g/mol. The zero-order valence-corrected chi connectivity index (χ0v) is 17.5. The smallest absolute Gasteiger partial charge is 0.191 e. The molecule has 0 unspecified atom stereocenters. The molecule has 0 amide bonds. The van der Waals surface area contributed by atoms with Gasteiger partial charge in [-0.05, 0) is 26.7 Å². The second kappa shape index (κ2) is 10.4. The number of rotatable bonds is 7. The summed E-state index contributed by atoms with van der Waals surface area (Å²) in [5, 5.41) is 9.70. The molecule has 1 aromatic heterocycles. The van der Waals surface area contributed by atoms with Crippen molar-refractivity contribution < 1.29 is 4.74 Å². The van der Waals surface area contributed by atoms with E-state index in [0.29, 0.717) is 19.0 Å². The van der Waals surface area contributed by atoms with Gasteiger partial charge in [0.05, 0.1) is 17.8 Å². The summed E-state index contributed by atoms with van der Waals surface area (Å²) >= 11 is 1.67. The maximum atomic E-state index is 5.40. The van der Waals surface area contributed by atoms with Crippen molar-refractivity contribution in [3.05, 3.63) is 16.1 Å². The predicted molar refractivity (Wildman–Crippen MR) is 106 cm³/mol. The second-order valence-corrected chi connectivity index (χ2v) is 6.78. The maximum absolute atomic E-state index is 5.40. The zero-order valence-electron chi connectivity index (χ0n) is 14.4. The Morgan fingerprint density at radius 2 is 2.09 bits per heavy atom. The van der Waals surface area contributed by atoms with Crippen molar-refractivity contribution in [2.24, 2.45) is 4.99 Å². The second-order valence-electron chi connectivity index (χ2n) is 5.83. The average Bonchev–Trinajstić information content (AvgIpc) is 2.91. The highest BCUT2D eigenvalue weighted by molar-refractivity contribution is 14.0. The van der Waals surface area contributed by atoms with Gasteiger partial charge >= 0.3 is 0 Å². The highest BCUT2D eigenvalue weighted by Gasteiger charge is 2.16. The van der Waals surface area contributed by atoms with Crippen LogP contribution in [0.5, 0.6) is 0 Å². The monoisotopic (exact) mass is 440 g/mol. The minimum Gasteiger partial charge on any atom is -0.377 e. The highest BCUT2D eigenvalue weighted by Crippen LogP contribution is 2.18. The van der Waals surface area contributed by atoms with E-state index in [-0.39, 0.29) is 29.6 Å². The van der Waals surface area contributed by atoms with E-state index in [1.165, 1.54) is 0 Å². The van der Waals surface area contributed by atoms with Gasteiger partial charge in [-0.25, -0.2) is 9.98 Å². The normalized spacial score (nSPS) is 12.2. The lowest BCUT2D eigenvalue weighted by atomic mass is 10.1. The Bertz CT molecular complexity index is 460. The van der Waals surface area contributed by atoms with Crippen molar-refractivity contribution in [2.75, 3.05) is 20.2 Å². The molecule has 0 aliphatic carbocycles. The van der Waals surface area contributed by atoms with E-state index < -0.39 is 0 Å². The Kier molecular flexibility index (Phi) is 10.2. The van der Waals surface area contributed by atoms with E-state index in [4.69, 9.17) is 4.74 Å². The molecule has 128 valence electrons. The predicted octanol–water partition coefficient (Wildman–Crippen LogP) is 3.36. The fourth-order valence-corrected chi connectivity index (χ4v) is 2.40. The molecule has 0 saturated heterocycles. The maximum Gasteiger partial charge on any atom is 0.191 e. The first-order valence-corrected chi connectivity index (χ1v) is 8.27. The molecule has 22 heavy (non-hydrogen) atoms. The highest BCUT2D eigenvalue weighted by atomic mass is 127. The number of halogens is 1. The summed E-state index contributed by atoms with van der Waals surface area (Å²) in [6.45, 7) is 12.6. The number of hydrogen-bond acceptors (Lipinski definition) is 4. The van der Waals surface area contributed by atoms with Crippen LogP contribution in [0.3, 0.4) is 0 Å². The molecule has 0 aromatic carbocycles. The van der Waals surface area contributed by atoms with Crippen molar-refractivity contribution in [1.82, 2.24) is 15.6 Å². The summed E-state index contributed by atoms with van der Waals surface area (Å²) in [5.74, 6) is 1.26. The van der Waals surface area contributed by atoms with Crippen LogP contribution in [0.1, 0.15) is 51.2 Å². The number of methoxy groups -OCH3 is 1. The summed E-state index contributed by atoms with van der Waals surface area (Å²) in [6, 6.07) is 0. The molecule has 7 heteroatoms. The summed E-state index contributed by atoms with van der Waals surface area (Å²) < 4.78 is 5.40. The van der Waals surface area contributed by atoms with Gasteiger partial charge in [0.15, 0.2) is 5.96 Å². The summed E-state index contributed by atoms with van der Waals surface area (Å²) in [4.78, 5) is 9.18. The van der Waals surface area contributed by atoms with Crippen molar-refractivity contribution >= 4 is 41.3 Å². The molecule has 1 heterocycles. The van der Waals surface area contributed by atoms with Crippen molar-refractivity contribution in [3.63, 3.8) is 0 Å². The molecule has 2 N–H and O–H groups in total. The Morgan fingerprint density at radius 1 is 1.41 bits per heavy atom. The third-order valence-electron chi connectivity index (χ3n) is 3.11. The molecular formula is C15H29IN4OS. The van der Waals surface area contributed by atoms with Gasteiger partial charge in [-0.15, -0.1) is 35.3 Å². The fraction of sp³-hybridized carbons (Fsp3) is 0.733. The molecule has 1 rings (SSSR count). The van der Waals surface area contributed by atoms with Crippen LogP contribution in [0.4, 0.5) is 0 Å². The van der Waals surface area contributed by atoms with Gasteiger partial charge in [0, 0.05) is 25.6 Å². The van der Waals surface area contributed by atoms with Crippen LogP contribution < -0.4 is 10.6 Å². The van der Waals surface area contributed by atoms with E-state index >= 15 is 0 Å². The van der Waals surface area contributed by atoms with Gasteiger partial charge in [-0.2, -0.15) is 0 Å². The lowest BCUT2D eigenvalue weighted by Gasteiger charge is -2.24. The number of guanidine groups is 1. The molecule has 5 nitrogen and oxygen atoms in total. The van der Waals surface area contributed by atoms with E-state index in [1.807, 2.05) is 13.8 Å². The topological polar surface area (TPSA) is 58.5 Å². The SMILES string of the molecule is CCNC(=NCc1nc(C(C)C)cs1)NCC(C)(C)OC.I. The lowest BCUT2D eigenvalue weighted by molar-refractivity contribution is 0.0268. The van der Waals surface area contributed by atoms with Gasteiger partial charge in [0.2, 0.25) is 0 Å². The van der Waals surface area contributed by atoms with Gasteiger partial charge in [-0.3, -0.25) is 0 Å². The summed E-state index contributed by atoms with van der Waals surface area (Å²) in [7, 11) is 1.72. The number of thiazole rings is 1. The van der Waals surface area contributed by atoms with E-state index in [2.05, 4.69) is 46.8 Å². The molecule has 0 atom stereocenters. The van der Waals surface area contributed by atoms with Crippen LogP contribution in [-0.4, -0.2) is 36.7 Å². The van der Waals surface area contributed by atoms with E-state index in [0.717, 1.165) is 23.2 Å². The third-order valence-corrected chi connectivity index (χ3v) is 3.96. The average molecular weight is 440 g/mol. The molecule has 1 aromatic rings. The third kappa shape index (κ3) is 7.73. The Morgan fingerprint density at radius 3 is 2.59 bits per heavy atom. The van der Waals surface area contributed by atoms with Crippen LogP contribution >= 0.6 is 35.3 Å². The number of aromatic nitrogens is 1. The number of nitrogens with one attached hydrogen (secondary N) is 2. The van der Waals surface area contributed by atoms with Crippen LogP contribution in [0.25, 0.3) is 0 Å². The quantitative estimate of drug-likeness (QED) is 0.388. The Labute approximate surface area is 155 Å². The van der Waals surface area contributed by atoms with Crippen molar-refractivity contribution in [3.8, 4) is 0 Å². The molecule has 0 fully saturated rings. The minimum absolute atomic E-state index is 0. The number of hydrogen-bond donors (Lipinski definition) is 2.